The molecule has 0 fully saturated rings. The largest absolute Gasteiger partial charge is 0.493 e. The number of rotatable bonds is 4. The summed E-state index contributed by atoms with van der Waals surface area (Å²) in [5.41, 5.74) is 2.41. The number of hydrogen-bond acceptors (Lipinski definition) is 1. The molecule has 1 atom stereocenters. The van der Waals surface area contributed by atoms with Crippen LogP contribution in [0.15, 0.2) is 51.4 Å². The first-order valence-electron chi connectivity index (χ1n) is 5.93. The Morgan fingerprint density at radius 2 is 1.63 bits per heavy atom. The predicted octanol–water partition coefficient (Wildman–Crippen LogP) is 6.09. The van der Waals surface area contributed by atoms with Crippen molar-refractivity contribution in [1.29, 1.82) is 0 Å². The molecule has 1 nitrogen and oxygen atoms in total. The van der Waals surface area contributed by atoms with Crippen molar-refractivity contribution in [3.63, 3.8) is 0 Å². The van der Waals surface area contributed by atoms with Crippen LogP contribution in [0.2, 0.25) is 0 Å². The number of halogens is 3. The van der Waals surface area contributed by atoms with E-state index in [1.807, 2.05) is 25.1 Å². The molecular weight excluding hydrogens is 436 g/mol. The molecule has 1 unspecified atom stereocenters. The lowest BCUT2D eigenvalue weighted by atomic mass is 10.0. The first-order valence-corrected chi connectivity index (χ1v) is 8.43. The van der Waals surface area contributed by atoms with Crippen LogP contribution < -0.4 is 4.74 Å². The number of hydrogen-bond donors (Lipinski definition) is 0. The highest BCUT2D eigenvalue weighted by Crippen LogP contribution is 2.35. The van der Waals surface area contributed by atoms with E-state index in [9.17, 15) is 0 Å². The zero-order valence-corrected chi connectivity index (χ0v) is 15.1. The summed E-state index contributed by atoms with van der Waals surface area (Å²) in [5, 5.41) is 0. The van der Waals surface area contributed by atoms with Crippen LogP contribution in [-0.2, 0) is 0 Å². The van der Waals surface area contributed by atoms with Gasteiger partial charge in [0.1, 0.15) is 5.75 Å². The standard InChI is InChI=1S/C15H13Br3O/c1-2-19-14-8-5-11(9-13(14)17)15(18)10-3-6-12(16)7-4-10/h3-9,15H,2H2,1H3. The van der Waals surface area contributed by atoms with Gasteiger partial charge in [0, 0.05) is 4.47 Å². The summed E-state index contributed by atoms with van der Waals surface area (Å²) < 4.78 is 7.59. The van der Waals surface area contributed by atoms with Gasteiger partial charge in [-0.1, -0.05) is 50.1 Å². The van der Waals surface area contributed by atoms with Gasteiger partial charge in [-0.05, 0) is 58.2 Å². The second-order valence-electron chi connectivity index (χ2n) is 4.04. The molecule has 0 radical (unpaired) electrons. The molecule has 0 aromatic heterocycles. The summed E-state index contributed by atoms with van der Waals surface area (Å²) in [7, 11) is 0. The molecule has 0 spiro atoms. The Morgan fingerprint density at radius 3 is 2.21 bits per heavy atom. The van der Waals surface area contributed by atoms with Crippen LogP contribution in [0, 0.1) is 0 Å². The minimum atomic E-state index is 0.174. The Bertz CT molecular complexity index is 552. The zero-order valence-electron chi connectivity index (χ0n) is 10.4. The molecule has 0 saturated carbocycles. The number of ether oxygens (including phenoxy) is 1. The van der Waals surface area contributed by atoms with Gasteiger partial charge in [-0.3, -0.25) is 0 Å². The molecule has 0 aliphatic rings. The van der Waals surface area contributed by atoms with Gasteiger partial charge >= 0.3 is 0 Å². The first-order chi connectivity index (χ1) is 9.11. The summed E-state index contributed by atoms with van der Waals surface area (Å²) >= 11 is 10.7. The van der Waals surface area contributed by atoms with Crippen molar-refractivity contribution < 1.29 is 4.74 Å². The molecule has 0 heterocycles. The highest BCUT2D eigenvalue weighted by atomic mass is 79.9. The van der Waals surface area contributed by atoms with Gasteiger partial charge in [0.05, 0.1) is 15.9 Å². The fourth-order valence-electron chi connectivity index (χ4n) is 1.77. The van der Waals surface area contributed by atoms with Crippen LogP contribution >= 0.6 is 47.8 Å². The van der Waals surface area contributed by atoms with Crippen molar-refractivity contribution in [2.24, 2.45) is 0 Å². The third-order valence-electron chi connectivity index (χ3n) is 2.71. The lowest BCUT2D eigenvalue weighted by Crippen LogP contribution is -1.96. The summed E-state index contributed by atoms with van der Waals surface area (Å²) in [6.07, 6.45) is 0. The Kier molecular flexibility index (Phi) is 5.48. The van der Waals surface area contributed by atoms with Crippen LogP contribution in [0.5, 0.6) is 5.75 Å². The highest BCUT2D eigenvalue weighted by Gasteiger charge is 2.12. The maximum absolute atomic E-state index is 5.52. The van der Waals surface area contributed by atoms with E-state index in [-0.39, 0.29) is 4.83 Å². The Balaban J connectivity index is 2.26. The lowest BCUT2D eigenvalue weighted by Gasteiger charge is -2.13. The summed E-state index contributed by atoms with van der Waals surface area (Å²) in [6.45, 7) is 2.65. The minimum absolute atomic E-state index is 0.174. The average Bonchev–Trinajstić information content (AvgIpc) is 2.41. The van der Waals surface area contributed by atoms with E-state index in [1.165, 1.54) is 11.1 Å². The van der Waals surface area contributed by atoms with Crippen LogP contribution in [0.4, 0.5) is 0 Å². The molecule has 0 N–H and O–H groups in total. The molecule has 19 heavy (non-hydrogen) atoms. The first kappa shape index (κ1) is 15.1. The molecule has 2 aromatic rings. The van der Waals surface area contributed by atoms with Crippen LogP contribution in [0.25, 0.3) is 0 Å². The summed E-state index contributed by atoms with van der Waals surface area (Å²) in [6, 6.07) is 14.5. The third kappa shape index (κ3) is 3.83. The summed E-state index contributed by atoms with van der Waals surface area (Å²) in [4.78, 5) is 0.174. The van der Waals surface area contributed by atoms with E-state index in [0.29, 0.717) is 6.61 Å². The fraction of sp³-hybridized carbons (Fsp3) is 0.200. The molecule has 0 aliphatic carbocycles. The molecule has 4 heteroatoms. The van der Waals surface area contributed by atoms with Gasteiger partial charge in [0.2, 0.25) is 0 Å². The summed E-state index contributed by atoms with van der Waals surface area (Å²) in [5.74, 6) is 0.877. The van der Waals surface area contributed by atoms with E-state index in [0.717, 1.165) is 14.7 Å². The number of alkyl halides is 1. The smallest absolute Gasteiger partial charge is 0.133 e. The van der Waals surface area contributed by atoms with Gasteiger partial charge < -0.3 is 4.74 Å². The van der Waals surface area contributed by atoms with Gasteiger partial charge in [-0.2, -0.15) is 0 Å². The normalized spacial score (nSPS) is 12.2. The maximum Gasteiger partial charge on any atom is 0.133 e. The molecule has 2 aromatic carbocycles. The maximum atomic E-state index is 5.52. The second-order valence-corrected chi connectivity index (χ2v) is 6.72. The van der Waals surface area contributed by atoms with Gasteiger partial charge in [0.25, 0.3) is 0 Å². The molecular formula is C15H13Br3O. The minimum Gasteiger partial charge on any atom is -0.493 e. The van der Waals surface area contributed by atoms with Crippen molar-refractivity contribution >= 4 is 47.8 Å². The monoisotopic (exact) mass is 446 g/mol. The van der Waals surface area contributed by atoms with Crippen molar-refractivity contribution in [3.05, 3.63) is 62.5 Å². The number of benzene rings is 2. The highest BCUT2D eigenvalue weighted by molar-refractivity contribution is 9.11. The fourth-order valence-corrected chi connectivity index (χ4v) is 3.14. The van der Waals surface area contributed by atoms with E-state index < -0.39 is 0 Å². The lowest BCUT2D eigenvalue weighted by molar-refractivity contribution is 0.338. The van der Waals surface area contributed by atoms with Crippen LogP contribution in [-0.4, -0.2) is 6.61 Å². The van der Waals surface area contributed by atoms with E-state index >= 15 is 0 Å². The van der Waals surface area contributed by atoms with Crippen LogP contribution in [0.3, 0.4) is 0 Å². The third-order valence-corrected chi connectivity index (χ3v) is 4.92. The van der Waals surface area contributed by atoms with Crippen molar-refractivity contribution in [3.8, 4) is 5.75 Å². The molecule has 100 valence electrons. The van der Waals surface area contributed by atoms with Crippen molar-refractivity contribution in [1.82, 2.24) is 0 Å². The van der Waals surface area contributed by atoms with Gasteiger partial charge in [0.15, 0.2) is 0 Å². The van der Waals surface area contributed by atoms with Crippen molar-refractivity contribution in [2.75, 3.05) is 6.61 Å². The Morgan fingerprint density at radius 1 is 1.00 bits per heavy atom. The molecule has 0 saturated heterocycles. The topological polar surface area (TPSA) is 9.23 Å². The van der Waals surface area contributed by atoms with E-state index in [4.69, 9.17) is 4.74 Å². The van der Waals surface area contributed by atoms with Crippen LogP contribution in [0.1, 0.15) is 22.9 Å². The van der Waals surface area contributed by atoms with E-state index in [2.05, 4.69) is 72.1 Å². The Hall–Kier alpha value is -0.320. The van der Waals surface area contributed by atoms with Crippen molar-refractivity contribution in [2.45, 2.75) is 11.8 Å². The van der Waals surface area contributed by atoms with Gasteiger partial charge in [-0.25, -0.2) is 0 Å². The molecule has 2 rings (SSSR count). The average molecular weight is 449 g/mol. The molecule has 0 amide bonds. The molecule has 0 bridgehead atoms. The predicted molar refractivity (Wildman–Crippen MR) is 90.2 cm³/mol. The van der Waals surface area contributed by atoms with Gasteiger partial charge in [-0.15, -0.1) is 0 Å². The SMILES string of the molecule is CCOc1ccc(C(Br)c2ccc(Br)cc2)cc1Br. The molecule has 0 aliphatic heterocycles. The van der Waals surface area contributed by atoms with E-state index in [1.54, 1.807) is 0 Å². The second kappa shape index (κ2) is 6.91. The zero-order chi connectivity index (χ0) is 13.8. The quantitative estimate of drug-likeness (QED) is 0.514. The Labute approximate surface area is 138 Å².